The van der Waals surface area contributed by atoms with Crippen molar-refractivity contribution in [2.75, 3.05) is 6.61 Å². The van der Waals surface area contributed by atoms with Crippen LogP contribution in [-0.4, -0.2) is 46.9 Å². The number of amides is 1. The van der Waals surface area contributed by atoms with E-state index in [1.165, 1.54) is 64.2 Å². The zero-order valence-electron chi connectivity index (χ0n) is 37.6. The van der Waals surface area contributed by atoms with Gasteiger partial charge >= 0.3 is 5.97 Å². The largest absolute Gasteiger partial charge is 0.462 e. The normalized spacial score (nSPS) is 14.1. The first-order chi connectivity index (χ1) is 28.5. The maximum absolute atomic E-state index is 13.1. The Morgan fingerprint density at radius 3 is 1.60 bits per heavy atom. The summed E-state index contributed by atoms with van der Waals surface area (Å²) in [6.07, 6.45) is 57.8. The number of carbonyl (C=O) groups is 2. The minimum absolute atomic E-state index is 0.0420. The summed E-state index contributed by atoms with van der Waals surface area (Å²) in [5, 5.41) is 23.6. The molecule has 0 saturated carbocycles. The Morgan fingerprint density at radius 2 is 1.00 bits per heavy atom. The van der Waals surface area contributed by atoms with Gasteiger partial charge in [0.1, 0.15) is 6.10 Å². The highest BCUT2D eigenvalue weighted by molar-refractivity contribution is 5.77. The number of rotatable bonds is 41. The van der Waals surface area contributed by atoms with Crippen molar-refractivity contribution in [1.29, 1.82) is 0 Å². The van der Waals surface area contributed by atoms with Crippen LogP contribution in [0.4, 0.5) is 0 Å². The second-order valence-corrected chi connectivity index (χ2v) is 15.9. The Kier molecular flexibility index (Phi) is 42.8. The van der Waals surface area contributed by atoms with Crippen LogP contribution in [0.1, 0.15) is 207 Å². The molecule has 6 nitrogen and oxygen atoms in total. The van der Waals surface area contributed by atoms with E-state index in [4.69, 9.17) is 4.74 Å². The summed E-state index contributed by atoms with van der Waals surface area (Å²) in [6, 6.07) is -0.720. The van der Waals surface area contributed by atoms with Crippen molar-refractivity contribution in [3.05, 3.63) is 85.1 Å². The molecule has 3 atom stereocenters. The van der Waals surface area contributed by atoms with Gasteiger partial charge in [-0.15, -0.1) is 0 Å². The van der Waals surface area contributed by atoms with Crippen LogP contribution in [0.2, 0.25) is 0 Å². The van der Waals surface area contributed by atoms with Crippen molar-refractivity contribution in [2.24, 2.45) is 0 Å². The number of aliphatic hydroxyl groups excluding tert-OH is 2. The molecule has 0 aliphatic rings. The number of allylic oxidation sites excluding steroid dienone is 14. The predicted molar refractivity (Wildman–Crippen MR) is 250 cm³/mol. The van der Waals surface area contributed by atoms with E-state index in [2.05, 4.69) is 80.8 Å². The lowest BCUT2D eigenvalue weighted by Gasteiger charge is -2.24. The third kappa shape index (κ3) is 39.8. The maximum atomic E-state index is 13.1. The number of nitrogens with one attached hydrogen (secondary N) is 1. The minimum Gasteiger partial charge on any atom is -0.462 e. The van der Waals surface area contributed by atoms with Crippen molar-refractivity contribution >= 4 is 11.9 Å². The van der Waals surface area contributed by atoms with Gasteiger partial charge in [-0.25, -0.2) is 0 Å². The quantitative estimate of drug-likeness (QED) is 0.0247. The molecule has 0 aliphatic carbocycles. The van der Waals surface area contributed by atoms with Crippen LogP contribution in [0.15, 0.2) is 85.1 Å². The molecule has 0 aromatic rings. The van der Waals surface area contributed by atoms with E-state index >= 15 is 0 Å². The Bertz CT molecular complexity index is 1130. The zero-order valence-corrected chi connectivity index (χ0v) is 37.6. The van der Waals surface area contributed by atoms with Gasteiger partial charge in [0.05, 0.1) is 25.2 Å². The van der Waals surface area contributed by atoms with Gasteiger partial charge < -0.3 is 20.3 Å². The van der Waals surface area contributed by atoms with Gasteiger partial charge in [0.25, 0.3) is 0 Å². The minimum atomic E-state index is -0.803. The van der Waals surface area contributed by atoms with E-state index in [1.807, 2.05) is 30.4 Å². The monoisotopic (exact) mass is 808 g/mol. The third-order valence-corrected chi connectivity index (χ3v) is 10.3. The van der Waals surface area contributed by atoms with Gasteiger partial charge in [-0.2, -0.15) is 0 Å². The summed E-state index contributed by atoms with van der Waals surface area (Å²) in [5.74, 6) is -0.551. The molecule has 1 amide bonds. The molecule has 6 heteroatoms. The maximum Gasteiger partial charge on any atom is 0.306 e. The van der Waals surface area contributed by atoms with E-state index in [1.54, 1.807) is 0 Å². The number of carbonyl (C=O) groups excluding carboxylic acids is 2. The standard InChI is InChI=1S/C52H89NO5/c1-4-7-10-13-16-19-21-23-24-25-26-28-29-32-34-37-40-43-48(58-52(57)45-42-39-36-33-30-27-22-20-17-14-11-8-5-2)46-51(56)53-49(47-54)50(55)44-41-38-35-31-18-15-12-9-6-3/h8,11,14,16-17,19-20,22-24,26-28,30,48-50,54-55H,4-7,9-10,12-13,15,18,21,25,29,31-47H2,1-3H3,(H,53,56)/b11-8+,17-14+,19-16-,22-20-,24-23-,28-26-,30-27-. The lowest BCUT2D eigenvalue weighted by Crippen LogP contribution is -2.46. The van der Waals surface area contributed by atoms with Crippen LogP contribution < -0.4 is 5.32 Å². The number of hydrogen-bond donors (Lipinski definition) is 3. The first-order valence-electron chi connectivity index (χ1n) is 23.9. The highest BCUT2D eigenvalue weighted by Gasteiger charge is 2.24. The van der Waals surface area contributed by atoms with Crippen LogP contribution in [0.3, 0.4) is 0 Å². The Labute approximate surface area is 357 Å². The average molecular weight is 808 g/mol. The summed E-state index contributed by atoms with van der Waals surface area (Å²) in [5.41, 5.74) is 0. The lowest BCUT2D eigenvalue weighted by molar-refractivity contribution is -0.151. The van der Waals surface area contributed by atoms with Crippen LogP contribution >= 0.6 is 0 Å². The zero-order chi connectivity index (χ0) is 42.4. The highest BCUT2D eigenvalue weighted by atomic mass is 16.5. The molecule has 3 N–H and O–H groups in total. The highest BCUT2D eigenvalue weighted by Crippen LogP contribution is 2.17. The van der Waals surface area contributed by atoms with Gasteiger partial charge in [0, 0.05) is 6.42 Å². The molecule has 332 valence electrons. The fourth-order valence-corrected chi connectivity index (χ4v) is 6.68. The molecule has 58 heavy (non-hydrogen) atoms. The van der Waals surface area contributed by atoms with Gasteiger partial charge in [0.2, 0.25) is 5.91 Å². The Morgan fingerprint density at radius 1 is 0.534 bits per heavy atom. The molecule has 0 aromatic carbocycles. The molecule has 0 heterocycles. The second-order valence-electron chi connectivity index (χ2n) is 15.9. The first kappa shape index (κ1) is 55.0. The van der Waals surface area contributed by atoms with E-state index in [0.29, 0.717) is 19.3 Å². The van der Waals surface area contributed by atoms with Crippen LogP contribution in [0, 0.1) is 0 Å². The summed E-state index contributed by atoms with van der Waals surface area (Å²) in [4.78, 5) is 26.0. The van der Waals surface area contributed by atoms with Crippen LogP contribution in [-0.2, 0) is 14.3 Å². The summed E-state index contributed by atoms with van der Waals surface area (Å²) < 4.78 is 5.89. The summed E-state index contributed by atoms with van der Waals surface area (Å²) in [7, 11) is 0. The fraction of sp³-hybridized carbons (Fsp3) is 0.692. The molecule has 0 fully saturated rings. The van der Waals surface area contributed by atoms with Crippen LogP contribution in [0.25, 0.3) is 0 Å². The van der Waals surface area contributed by atoms with Gasteiger partial charge in [-0.05, 0) is 83.5 Å². The van der Waals surface area contributed by atoms with E-state index in [-0.39, 0.29) is 24.9 Å². The first-order valence-corrected chi connectivity index (χ1v) is 23.9. The van der Waals surface area contributed by atoms with Gasteiger partial charge in [0.15, 0.2) is 0 Å². The average Bonchev–Trinajstić information content (AvgIpc) is 3.22. The van der Waals surface area contributed by atoms with Crippen molar-refractivity contribution in [3.8, 4) is 0 Å². The molecular formula is C52H89NO5. The van der Waals surface area contributed by atoms with Gasteiger partial charge in [-0.1, -0.05) is 196 Å². The van der Waals surface area contributed by atoms with Crippen molar-refractivity contribution in [1.82, 2.24) is 5.32 Å². The van der Waals surface area contributed by atoms with E-state index in [0.717, 1.165) is 96.3 Å². The fourth-order valence-electron chi connectivity index (χ4n) is 6.68. The molecule has 0 saturated heterocycles. The Hall–Kier alpha value is -2.96. The second kappa shape index (κ2) is 45.1. The number of hydrogen-bond acceptors (Lipinski definition) is 5. The molecular weight excluding hydrogens is 719 g/mol. The molecule has 0 aromatic heterocycles. The predicted octanol–water partition coefficient (Wildman–Crippen LogP) is 14.0. The molecule has 0 bridgehead atoms. The van der Waals surface area contributed by atoms with Crippen molar-refractivity contribution in [3.63, 3.8) is 0 Å². The third-order valence-electron chi connectivity index (χ3n) is 10.3. The van der Waals surface area contributed by atoms with Gasteiger partial charge in [-0.3, -0.25) is 9.59 Å². The van der Waals surface area contributed by atoms with Crippen molar-refractivity contribution < 1.29 is 24.5 Å². The summed E-state index contributed by atoms with van der Waals surface area (Å²) >= 11 is 0. The molecule has 0 radical (unpaired) electrons. The Balaban J connectivity index is 4.74. The van der Waals surface area contributed by atoms with Crippen LogP contribution in [0.5, 0.6) is 0 Å². The number of aliphatic hydroxyl groups is 2. The molecule has 3 unspecified atom stereocenters. The summed E-state index contributed by atoms with van der Waals surface area (Å²) in [6.45, 7) is 6.26. The van der Waals surface area contributed by atoms with E-state index < -0.39 is 18.2 Å². The topological polar surface area (TPSA) is 95.9 Å². The number of esters is 1. The molecule has 0 spiro atoms. The smallest absolute Gasteiger partial charge is 0.306 e. The molecule has 0 rings (SSSR count). The molecule has 0 aliphatic heterocycles. The SMILES string of the molecule is CC/C=C/C=C/C=C\C=C/CCCCCC(=O)OC(CCCCCC/C=C\C/C=C\C/C=C\CCCCC)CC(=O)NC(CO)C(O)CCCCCCCCCCC. The van der Waals surface area contributed by atoms with E-state index in [9.17, 15) is 19.8 Å². The number of ether oxygens (including phenoxy) is 1. The lowest BCUT2D eigenvalue weighted by atomic mass is 10.0. The van der Waals surface area contributed by atoms with Crippen molar-refractivity contribution in [2.45, 2.75) is 225 Å². The number of unbranched alkanes of at least 4 members (excludes halogenated alkanes) is 18.